The number of hydrogen-bond acceptors (Lipinski definition) is 4. The first kappa shape index (κ1) is 21.3. The predicted molar refractivity (Wildman–Crippen MR) is 125 cm³/mol. The number of hydrogen-bond donors (Lipinski definition) is 0. The quantitative estimate of drug-likeness (QED) is 0.550. The Balaban J connectivity index is 1.16. The number of nitrogens with zero attached hydrogens (tertiary/aromatic N) is 1. The van der Waals surface area contributed by atoms with Crippen LogP contribution in [0.15, 0.2) is 78.9 Å². The molecule has 0 aliphatic carbocycles. The lowest BCUT2D eigenvalue weighted by atomic mass is 9.89. The van der Waals surface area contributed by atoms with E-state index in [9.17, 15) is 9.59 Å². The number of benzene rings is 3. The van der Waals surface area contributed by atoms with Gasteiger partial charge < -0.3 is 14.4 Å². The summed E-state index contributed by atoms with van der Waals surface area (Å²) in [6, 6.07) is 25.3. The molecule has 2 heterocycles. The van der Waals surface area contributed by atoms with Crippen LogP contribution in [0.1, 0.15) is 40.7 Å². The molecule has 2 aliphatic rings. The average Bonchev–Trinajstić information content (AvgIpc) is 3.25. The summed E-state index contributed by atoms with van der Waals surface area (Å²) < 4.78 is 12.2. The maximum absolute atomic E-state index is 12.9. The molecule has 1 atom stereocenters. The molecule has 1 fully saturated rings. The van der Waals surface area contributed by atoms with Crippen LogP contribution in [0.5, 0.6) is 11.5 Å². The highest BCUT2D eigenvalue weighted by molar-refractivity contribution is 6.00. The zero-order chi connectivity index (χ0) is 22.7. The number of ketones is 1. The monoisotopic (exact) mass is 441 g/mol. The van der Waals surface area contributed by atoms with Crippen LogP contribution in [0.4, 0.5) is 0 Å². The van der Waals surface area contributed by atoms with E-state index in [-0.39, 0.29) is 11.7 Å². The summed E-state index contributed by atoms with van der Waals surface area (Å²) in [7, 11) is 0. The third kappa shape index (κ3) is 4.77. The van der Waals surface area contributed by atoms with Crippen LogP contribution in [0, 0.1) is 0 Å². The van der Waals surface area contributed by atoms with Gasteiger partial charge in [0.2, 0.25) is 5.91 Å². The summed E-state index contributed by atoms with van der Waals surface area (Å²) in [4.78, 5) is 27.4. The van der Waals surface area contributed by atoms with Gasteiger partial charge >= 0.3 is 0 Å². The van der Waals surface area contributed by atoms with Crippen molar-refractivity contribution in [1.29, 1.82) is 0 Å². The Morgan fingerprint density at radius 3 is 2.64 bits per heavy atom. The summed E-state index contributed by atoms with van der Waals surface area (Å²) in [6.07, 6.45) is 2.08. The Morgan fingerprint density at radius 1 is 0.970 bits per heavy atom. The predicted octanol–water partition coefficient (Wildman–Crippen LogP) is 4.83. The molecule has 5 rings (SSSR count). The molecular weight excluding hydrogens is 414 g/mol. The maximum Gasteiger partial charge on any atom is 0.223 e. The number of likely N-dealkylation sites (tertiary alicyclic amines) is 1. The molecule has 1 amide bonds. The van der Waals surface area contributed by atoms with Crippen LogP contribution < -0.4 is 9.47 Å². The van der Waals surface area contributed by atoms with Gasteiger partial charge in [-0.05, 0) is 41.8 Å². The SMILES string of the molecule is O=C1CC2(CCN(C(=O)CCc3cccc(OCc4ccccc4)c3)C2)Oc2ccccc21. The lowest BCUT2D eigenvalue weighted by molar-refractivity contribution is -0.130. The van der Waals surface area contributed by atoms with Crippen LogP contribution in [0.3, 0.4) is 0 Å². The van der Waals surface area contributed by atoms with E-state index in [0.717, 1.165) is 16.9 Å². The van der Waals surface area contributed by atoms with Crippen molar-refractivity contribution in [1.82, 2.24) is 4.90 Å². The maximum atomic E-state index is 12.9. The summed E-state index contributed by atoms with van der Waals surface area (Å²) in [5.74, 6) is 1.63. The highest BCUT2D eigenvalue weighted by Crippen LogP contribution is 2.38. The van der Waals surface area contributed by atoms with Crippen molar-refractivity contribution in [3.63, 3.8) is 0 Å². The molecule has 5 nitrogen and oxygen atoms in total. The van der Waals surface area contributed by atoms with E-state index in [1.54, 1.807) is 6.07 Å². The van der Waals surface area contributed by atoms with Crippen molar-refractivity contribution in [3.8, 4) is 11.5 Å². The number of carbonyl (C=O) groups excluding carboxylic acids is 2. The van der Waals surface area contributed by atoms with Gasteiger partial charge in [-0.1, -0.05) is 54.6 Å². The second kappa shape index (κ2) is 9.10. The third-order valence-corrected chi connectivity index (χ3v) is 6.44. The molecule has 0 N–H and O–H groups in total. The lowest BCUT2D eigenvalue weighted by Gasteiger charge is -2.34. The highest BCUT2D eigenvalue weighted by atomic mass is 16.5. The van der Waals surface area contributed by atoms with Gasteiger partial charge in [0, 0.05) is 19.4 Å². The molecule has 1 spiro atoms. The van der Waals surface area contributed by atoms with Crippen molar-refractivity contribution in [2.75, 3.05) is 13.1 Å². The molecule has 3 aromatic carbocycles. The van der Waals surface area contributed by atoms with Gasteiger partial charge in [0.25, 0.3) is 0 Å². The van der Waals surface area contributed by atoms with Crippen molar-refractivity contribution in [3.05, 3.63) is 95.6 Å². The molecule has 5 heteroatoms. The number of amides is 1. The van der Waals surface area contributed by atoms with Crippen LogP contribution in [-0.2, 0) is 17.8 Å². The van der Waals surface area contributed by atoms with Gasteiger partial charge in [-0.2, -0.15) is 0 Å². The first-order valence-electron chi connectivity index (χ1n) is 11.4. The van der Waals surface area contributed by atoms with E-state index in [0.29, 0.717) is 56.7 Å². The molecule has 0 aromatic heterocycles. The Labute approximate surface area is 193 Å². The van der Waals surface area contributed by atoms with Crippen molar-refractivity contribution < 1.29 is 19.1 Å². The zero-order valence-electron chi connectivity index (χ0n) is 18.5. The van der Waals surface area contributed by atoms with Gasteiger partial charge in [-0.3, -0.25) is 9.59 Å². The van der Waals surface area contributed by atoms with Crippen LogP contribution in [-0.4, -0.2) is 35.3 Å². The largest absolute Gasteiger partial charge is 0.489 e. The first-order valence-corrected chi connectivity index (χ1v) is 11.4. The molecular formula is C28H27NO4. The van der Waals surface area contributed by atoms with E-state index < -0.39 is 5.60 Å². The number of para-hydroxylation sites is 1. The molecule has 1 unspecified atom stereocenters. The fourth-order valence-corrected chi connectivity index (χ4v) is 4.67. The van der Waals surface area contributed by atoms with Gasteiger partial charge in [0.1, 0.15) is 23.7 Å². The summed E-state index contributed by atoms with van der Waals surface area (Å²) >= 11 is 0. The summed E-state index contributed by atoms with van der Waals surface area (Å²) in [5.41, 5.74) is 2.24. The van der Waals surface area contributed by atoms with Crippen LogP contribution in [0.2, 0.25) is 0 Å². The molecule has 0 radical (unpaired) electrons. The molecule has 3 aromatic rings. The summed E-state index contributed by atoms with van der Waals surface area (Å²) in [5, 5.41) is 0. The average molecular weight is 442 g/mol. The van der Waals surface area contributed by atoms with E-state index in [2.05, 4.69) is 0 Å². The Bertz CT molecular complexity index is 1160. The number of Topliss-reactive ketones (excluding diaryl/α,β-unsaturated/α-hetero) is 1. The second-order valence-electron chi connectivity index (χ2n) is 8.87. The van der Waals surface area contributed by atoms with Gasteiger partial charge in [0.05, 0.1) is 18.5 Å². The Kier molecular flexibility index (Phi) is 5.86. The lowest BCUT2D eigenvalue weighted by Crippen LogP contribution is -2.45. The molecule has 2 aliphatic heterocycles. The number of fused-ring (bicyclic) bond motifs is 1. The fourth-order valence-electron chi connectivity index (χ4n) is 4.67. The van der Waals surface area contributed by atoms with Crippen LogP contribution >= 0.6 is 0 Å². The fraction of sp³-hybridized carbons (Fsp3) is 0.286. The minimum atomic E-state index is -0.591. The molecule has 1 saturated heterocycles. The van der Waals surface area contributed by atoms with Crippen molar-refractivity contribution in [2.24, 2.45) is 0 Å². The van der Waals surface area contributed by atoms with Gasteiger partial charge in [-0.25, -0.2) is 0 Å². The highest BCUT2D eigenvalue weighted by Gasteiger charge is 2.46. The number of rotatable bonds is 6. The normalized spacial score (nSPS) is 19.3. The molecule has 168 valence electrons. The van der Waals surface area contributed by atoms with Gasteiger partial charge in [0.15, 0.2) is 5.78 Å². The van der Waals surface area contributed by atoms with E-state index in [4.69, 9.17) is 9.47 Å². The third-order valence-electron chi connectivity index (χ3n) is 6.44. The van der Waals surface area contributed by atoms with Crippen molar-refractivity contribution >= 4 is 11.7 Å². The van der Waals surface area contributed by atoms with Gasteiger partial charge in [-0.15, -0.1) is 0 Å². The van der Waals surface area contributed by atoms with Crippen molar-refractivity contribution in [2.45, 2.75) is 37.9 Å². The first-order chi connectivity index (χ1) is 16.1. The van der Waals surface area contributed by atoms with E-state index >= 15 is 0 Å². The smallest absolute Gasteiger partial charge is 0.223 e. The molecule has 33 heavy (non-hydrogen) atoms. The zero-order valence-corrected chi connectivity index (χ0v) is 18.5. The molecule has 0 saturated carbocycles. The minimum absolute atomic E-state index is 0.0948. The standard InChI is InChI=1S/C28H27NO4/c30-25-18-28(33-26-12-5-4-11-24(25)26)15-16-29(20-28)27(31)14-13-21-9-6-10-23(17-21)32-19-22-7-2-1-3-8-22/h1-12,17H,13-16,18-20H2. The van der Waals surface area contributed by atoms with E-state index in [1.807, 2.05) is 77.7 Å². The Morgan fingerprint density at radius 2 is 1.76 bits per heavy atom. The van der Waals surface area contributed by atoms with Crippen LogP contribution in [0.25, 0.3) is 0 Å². The Hall–Kier alpha value is -3.60. The number of aryl methyl sites for hydroxylation is 1. The summed E-state index contributed by atoms with van der Waals surface area (Å²) in [6.45, 7) is 1.60. The number of carbonyl (C=O) groups is 2. The molecule has 0 bridgehead atoms. The number of ether oxygens (including phenoxy) is 2. The topological polar surface area (TPSA) is 55.8 Å². The minimum Gasteiger partial charge on any atom is -0.489 e. The van der Waals surface area contributed by atoms with E-state index in [1.165, 1.54) is 0 Å². The second-order valence-corrected chi connectivity index (χ2v) is 8.87.